The second kappa shape index (κ2) is 11.8. The van der Waals surface area contributed by atoms with Gasteiger partial charge in [-0.25, -0.2) is 0 Å². The normalized spacial score (nSPS) is 12.7. The van der Waals surface area contributed by atoms with E-state index in [4.69, 9.17) is 0 Å². The first-order chi connectivity index (χ1) is 11.9. The van der Waals surface area contributed by atoms with Crippen LogP contribution < -0.4 is 3.71 Å². The van der Waals surface area contributed by atoms with Crippen LogP contribution in [0.2, 0.25) is 39.0 Å². The van der Waals surface area contributed by atoms with Crippen LogP contribution in [-0.4, -0.2) is 41.4 Å². The molecule has 0 radical (unpaired) electrons. The Morgan fingerprint density at radius 3 is 1.84 bits per heavy atom. The molecule has 25 heavy (non-hydrogen) atoms. The van der Waals surface area contributed by atoms with E-state index in [-0.39, 0.29) is 0 Å². The molecule has 5 heteroatoms. The molecule has 0 fully saturated rings. The number of aryl methyl sites for hydroxylation is 1. The molecule has 0 aliphatic rings. The summed E-state index contributed by atoms with van der Waals surface area (Å²) in [5.41, 5.74) is 0. The van der Waals surface area contributed by atoms with Crippen molar-refractivity contribution >= 4 is 30.2 Å². The van der Waals surface area contributed by atoms with Crippen LogP contribution in [0.4, 0.5) is 0 Å². The zero-order valence-electron chi connectivity index (χ0n) is 17.9. The Kier molecular flexibility index (Phi) is 10.9. The number of unbranched alkanes of at least 4 members (excludes halogenated alkanes) is 3. The predicted octanol–water partition coefficient (Wildman–Crippen LogP) is 6.06. The van der Waals surface area contributed by atoms with Gasteiger partial charge in [0.15, 0.2) is 0 Å². The fourth-order valence-corrected chi connectivity index (χ4v) is 21.2. The third kappa shape index (κ3) is 8.14. The average Bonchev–Trinajstić information content (AvgIpc) is 3.02. The summed E-state index contributed by atoms with van der Waals surface area (Å²) in [4.78, 5) is 0. The summed E-state index contributed by atoms with van der Waals surface area (Å²) in [7, 11) is -0.961. The number of hydrogen-bond donors (Lipinski definition) is 0. The van der Waals surface area contributed by atoms with E-state index < -0.39 is 26.5 Å². The van der Waals surface area contributed by atoms with Gasteiger partial charge in [0, 0.05) is 0 Å². The molecule has 0 aliphatic heterocycles. The molecule has 1 aromatic heterocycles. The quantitative estimate of drug-likeness (QED) is 0.308. The van der Waals surface area contributed by atoms with E-state index in [0.29, 0.717) is 0 Å². The molecule has 1 rings (SSSR count). The molecule has 1 aromatic rings. The Labute approximate surface area is 162 Å². The third-order valence-electron chi connectivity index (χ3n) is 5.48. The predicted molar refractivity (Wildman–Crippen MR) is 117 cm³/mol. The van der Waals surface area contributed by atoms with E-state index in [0.717, 1.165) is 6.54 Å². The summed E-state index contributed by atoms with van der Waals surface area (Å²) in [6.07, 6.45) is 11.7. The summed E-state index contributed by atoms with van der Waals surface area (Å²) < 4.78 is 8.52. The van der Waals surface area contributed by atoms with E-state index in [1.54, 1.807) is 3.71 Å². The van der Waals surface area contributed by atoms with E-state index >= 15 is 0 Å². The van der Waals surface area contributed by atoms with Gasteiger partial charge in [0.05, 0.1) is 0 Å². The van der Waals surface area contributed by atoms with Crippen molar-refractivity contribution < 1.29 is 0 Å². The van der Waals surface area contributed by atoms with Crippen LogP contribution in [-0.2, 0) is 6.54 Å². The molecular formula is C20H43N3SiSn. The minimum atomic E-state index is -2.38. The summed E-state index contributed by atoms with van der Waals surface area (Å²) in [6.45, 7) is 15.6. The molecule has 0 aliphatic carbocycles. The van der Waals surface area contributed by atoms with Crippen molar-refractivity contribution in [3.05, 3.63) is 6.20 Å². The van der Waals surface area contributed by atoms with E-state index in [9.17, 15) is 0 Å². The molecule has 0 saturated heterocycles. The molecule has 0 atom stereocenters. The van der Waals surface area contributed by atoms with Gasteiger partial charge in [-0.15, -0.1) is 0 Å². The van der Waals surface area contributed by atoms with Gasteiger partial charge >= 0.3 is 163 Å². The fourth-order valence-electron chi connectivity index (χ4n) is 3.90. The topological polar surface area (TPSA) is 30.7 Å². The van der Waals surface area contributed by atoms with Crippen molar-refractivity contribution in [2.75, 3.05) is 0 Å². The van der Waals surface area contributed by atoms with Crippen LogP contribution in [0, 0.1) is 0 Å². The molecule has 3 nitrogen and oxygen atoms in total. The first-order valence-corrected chi connectivity index (χ1v) is 22.0. The molecule has 0 N–H and O–H groups in total. The molecule has 0 aromatic carbocycles. The van der Waals surface area contributed by atoms with E-state index in [1.807, 2.05) is 0 Å². The molecule has 0 amide bonds. The Morgan fingerprint density at radius 1 is 0.880 bits per heavy atom. The number of rotatable bonds is 14. The SMILES string of the molecule is CCC[CH2][Sn]([CH2]CCC)([CH2]CCC)[c]1cnnn1CCC[Si](C)(C)C. The second-order valence-corrected chi connectivity index (χ2v) is 27.8. The van der Waals surface area contributed by atoms with Gasteiger partial charge in [0.2, 0.25) is 0 Å². The van der Waals surface area contributed by atoms with Crippen LogP contribution in [0.1, 0.15) is 65.7 Å². The first-order valence-electron chi connectivity index (χ1n) is 10.8. The van der Waals surface area contributed by atoms with Crippen LogP contribution >= 0.6 is 0 Å². The van der Waals surface area contributed by atoms with Crippen LogP contribution in [0.5, 0.6) is 0 Å². The standard InChI is InChI=1S/C8H16N3Si.3C4H9.Sn/c1-12(2,3)8-4-6-11-7-5-9-10-11;3*1-3-4-2;/h5H,4,6,8H2,1-3H3;3*1,3-4H2,2H3;. The number of nitrogens with zero attached hydrogens (tertiary/aromatic N) is 3. The molecule has 146 valence electrons. The zero-order valence-corrected chi connectivity index (χ0v) is 21.8. The third-order valence-corrected chi connectivity index (χ3v) is 22.8. The van der Waals surface area contributed by atoms with Gasteiger partial charge in [-0.05, 0) is 0 Å². The van der Waals surface area contributed by atoms with Gasteiger partial charge in [-0.1, -0.05) is 0 Å². The number of aromatic nitrogens is 3. The van der Waals surface area contributed by atoms with Gasteiger partial charge in [0.25, 0.3) is 0 Å². The molecule has 0 unspecified atom stereocenters. The first kappa shape index (κ1) is 23.2. The van der Waals surface area contributed by atoms with Gasteiger partial charge in [0.1, 0.15) is 0 Å². The van der Waals surface area contributed by atoms with Crippen molar-refractivity contribution in [3.63, 3.8) is 0 Å². The molecule has 1 heterocycles. The molecule has 0 bridgehead atoms. The summed E-state index contributed by atoms with van der Waals surface area (Å²) in [6, 6.07) is 1.40. The maximum atomic E-state index is 4.56. The Bertz CT molecular complexity index is 446. The van der Waals surface area contributed by atoms with E-state index in [2.05, 4.69) is 61.6 Å². The van der Waals surface area contributed by atoms with Crippen molar-refractivity contribution in [3.8, 4) is 0 Å². The van der Waals surface area contributed by atoms with Crippen molar-refractivity contribution in [1.82, 2.24) is 15.0 Å². The number of hydrogen-bond acceptors (Lipinski definition) is 2. The van der Waals surface area contributed by atoms with Gasteiger partial charge < -0.3 is 0 Å². The fraction of sp³-hybridized carbons (Fsp3) is 0.900. The van der Waals surface area contributed by atoms with E-state index in [1.165, 1.54) is 64.3 Å². The Hall–Kier alpha value is 0.156. The van der Waals surface area contributed by atoms with Gasteiger partial charge in [-0.3, -0.25) is 0 Å². The van der Waals surface area contributed by atoms with Gasteiger partial charge in [-0.2, -0.15) is 0 Å². The minimum absolute atomic E-state index is 0.961. The average molecular weight is 472 g/mol. The van der Waals surface area contributed by atoms with Crippen LogP contribution in [0.25, 0.3) is 0 Å². The summed E-state index contributed by atoms with van der Waals surface area (Å²) in [5.74, 6) is 0. The second-order valence-electron chi connectivity index (χ2n) is 9.10. The molecular weight excluding hydrogens is 429 g/mol. The molecule has 0 saturated carbocycles. The van der Waals surface area contributed by atoms with Crippen LogP contribution in [0.3, 0.4) is 0 Å². The zero-order chi connectivity index (χ0) is 18.8. The summed E-state index contributed by atoms with van der Waals surface area (Å²) in [5, 5.41) is 8.96. The van der Waals surface area contributed by atoms with Crippen molar-refractivity contribution in [1.29, 1.82) is 0 Å². The Balaban J connectivity index is 3.00. The van der Waals surface area contributed by atoms with Crippen LogP contribution in [0.15, 0.2) is 6.20 Å². The Morgan fingerprint density at radius 2 is 1.40 bits per heavy atom. The summed E-state index contributed by atoms with van der Waals surface area (Å²) >= 11 is -2.38. The monoisotopic (exact) mass is 473 g/mol. The maximum absolute atomic E-state index is 4.56. The van der Waals surface area contributed by atoms with Crippen molar-refractivity contribution in [2.45, 2.75) is 111 Å². The molecule has 0 spiro atoms. The van der Waals surface area contributed by atoms with Crippen molar-refractivity contribution in [2.24, 2.45) is 0 Å².